The van der Waals surface area contributed by atoms with E-state index in [0.29, 0.717) is 0 Å². The van der Waals surface area contributed by atoms with Crippen molar-refractivity contribution in [3.05, 3.63) is 38.0 Å². The van der Waals surface area contributed by atoms with Crippen molar-refractivity contribution in [2.45, 2.75) is 60.8 Å². The van der Waals surface area contributed by atoms with E-state index in [0.717, 1.165) is 0 Å². The Bertz CT molecular complexity index is 1260. The van der Waals surface area contributed by atoms with Gasteiger partial charge in [0.1, 0.15) is 0 Å². The first-order chi connectivity index (χ1) is 22.9. The van der Waals surface area contributed by atoms with Gasteiger partial charge >= 0.3 is 77.8 Å². The first kappa shape index (κ1) is 48.1. The number of carbonyl (C=O) groups excluding carboxylic acids is 3. The largest absolute Gasteiger partial charge is 0.456 e. The summed E-state index contributed by atoms with van der Waals surface area (Å²) >= 11 is 0. The number of halogens is 20. The number of carbonyl (C=O) groups is 3. The Kier molecular flexibility index (Phi) is 14.4. The Hall–Kier alpha value is -3.89. The molecule has 0 bridgehead atoms. The summed E-state index contributed by atoms with van der Waals surface area (Å²) in [7, 11) is 0. The maximum Gasteiger partial charge on any atom is 0.452 e. The Balaban J connectivity index is 8.29. The zero-order chi connectivity index (χ0) is 41.8. The molecule has 0 aromatic heterocycles. The average Bonchev–Trinajstić information content (AvgIpc) is 2.94. The van der Waals surface area contributed by atoms with Crippen LogP contribution in [0.15, 0.2) is 38.0 Å². The minimum atomic E-state index is -8.63. The molecule has 0 rings (SSSR count). The van der Waals surface area contributed by atoms with Crippen molar-refractivity contribution in [2.24, 2.45) is 5.41 Å². The van der Waals surface area contributed by atoms with Gasteiger partial charge in [0.25, 0.3) is 0 Å². The third kappa shape index (κ3) is 9.95. The molecule has 0 fully saturated rings. The minimum absolute atomic E-state index is 0.206. The van der Waals surface area contributed by atoms with Gasteiger partial charge in [0, 0.05) is 18.2 Å². The van der Waals surface area contributed by atoms with E-state index >= 15 is 22.0 Å². The first-order valence-corrected chi connectivity index (χ1v) is 12.1. The second-order valence-corrected chi connectivity index (χ2v) is 9.09. The molecule has 0 heterocycles. The fourth-order valence-corrected chi connectivity index (χ4v) is 2.90. The maximum atomic E-state index is 15.4. The zero-order valence-corrected chi connectivity index (χ0v) is 24.3. The van der Waals surface area contributed by atoms with E-state index in [1.807, 2.05) is 0 Å². The molecule has 4 atom stereocenters. The van der Waals surface area contributed by atoms with E-state index < -0.39 is 104 Å². The molecular weight excluding hydrogens is 800 g/mol. The van der Waals surface area contributed by atoms with Crippen LogP contribution in [0.5, 0.6) is 0 Å². The molecule has 0 aromatic rings. The highest BCUT2D eigenvalue weighted by molar-refractivity contribution is 5.81. The lowest BCUT2D eigenvalue weighted by atomic mass is 9.82. The van der Waals surface area contributed by atoms with Crippen LogP contribution >= 0.6 is 0 Å². The number of rotatable bonds is 18. The van der Waals surface area contributed by atoms with Gasteiger partial charge in [0.05, 0.1) is 0 Å². The smallest absolute Gasteiger partial charge is 0.452 e. The Morgan fingerprint density at radius 1 is 0.462 bits per heavy atom. The van der Waals surface area contributed by atoms with Gasteiger partial charge in [-0.2, -0.15) is 83.4 Å². The first-order valence-electron chi connectivity index (χ1n) is 12.1. The summed E-state index contributed by atoms with van der Waals surface area (Å²) in [5.74, 6) is -27.4. The molecule has 0 saturated carbocycles. The number of hydrogen-bond donors (Lipinski definition) is 0. The van der Waals surface area contributed by atoms with E-state index in [4.69, 9.17) is 0 Å². The lowest BCUT2D eigenvalue weighted by molar-refractivity contribution is -0.562. The van der Waals surface area contributed by atoms with Crippen LogP contribution < -0.4 is 0 Å². The lowest BCUT2D eigenvalue weighted by Crippen LogP contribution is -2.74. The highest BCUT2D eigenvalue weighted by Crippen LogP contribution is 2.65. The van der Waals surface area contributed by atoms with Crippen molar-refractivity contribution in [1.82, 2.24) is 0 Å². The molecule has 302 valence electrons. The number of ether oxygens (including phenoxy) is 6. The van der Waals surface area contributed by atoms with Crippen molar-refractivity contribution in [2.75, 3.05) is 19.8 Å². The van der Waals surface area contributed by atoms with Crippen molar-refractivity contribution in [3.63, 3.8) is 0 Å². The van der Waals surface area contributed by atoms with Crippen LogP contribution in [0.2, 0.25) is 0 Å². The van der Waals surface area contributed by atoms with Gasteiger partial charge in [-0.05, 0) is 0 Å². The van der Waals surface area contributed by atoms with Crippen molar-refractivity contribution < 1.29 is 131 Å². The van der Waals surface area contributed by atoms with Crippen LogP contribution in [0.4, 0.5) is 87.8 Å². The zero-order valence-electron chi connectivity index (χ0n) is 24.3. The standard InChI is InChI=1S/C23H16F20O9/c1-4-10(44)47-7-14(25,18(28,29)30)50-13(24)17(21(37,38)39,22(40,41)51-15(26,19(31,32)33)8-48-11(45)5-2)23(42,43)52-16(27,20(34,35)36)9-49-12(46)6-3/h4-6,13H,1-3,7-9H2. The molecule has 52 heavy (non-hydrogen) atoms. The highest BCUT2D eigenvalue weighted by Gasteiger charge is 2.91. The summed E-state index contributed by atoms with van der Waals surface area (Å²) in [5.41, 5.74) is -8.63. The van der Waals surface area contributed by atoms with E-state index in [1.165, 1.54) is 0 Å². The Morgan fingerprint density at radius 2 is 0.712 bits per heavy atom. The van der Waals surface area contributed by atoms with Crippen LogP contribution in [-0.2, 0) is 42.8 Å². The molecule has 0 N–H and O–H groups in total. The fourth-order valence-electron chi connectivity index (χ4n) is 2.90. The van der Waals surface area contributed by atoms with E-state index in [9.17, 15) is 80.2 Å². The van der Waals surface area contributed by atoms with Gasteiger partial charge in [-0.1, -0.05) is 19.7 Å². The Labute approximate surface area is 273 Å². The number of alkyl halides is 20. The normalized spacial score (nSPS) is 18.7. The summed E-state index contributed by atoms with van der Waals surface area (Å²) in [6.45, 7) is -3.13. The molecular formula is C23H16F20O9. The van der Waals surface area contributed by atoms with Crippen LogP contribution in [0.3, 0.4) is 0 Å². The molecule has 0 aromatic carbocycles. The van der Waals surface area contributed by atoms with Crippen LogP contribution in [0, 0.1) is 5.41 Å². The third-order valence-electron chi connectivity index (χ3n) is 5.55. The summed E-state index contributed by atoms with van der Waals surface area (Å²) in [6.07, 6.45) is -55.4. The molecule has 0 amide bonds. The topological polar surface area (TPSA) is 107 Å². The van der Waals surface area contributed by atoms with Gasteiger partial charge in [0.15, 0.2) is 19.8 Å². The SMILES string of the molecule is C=CC(=O)OCC(F)(OC(F)C(C(F)(F)F)(C(F)(F)OC(F)(COC(=O)C=C)C(F)(F)F)C(F)(F)OC(F)(COC(=O)C=C)C(F)(F)F)C(F)(F)F. The van der Waals surface area contributed by atoms with Crippen molar-refractivity contribution >= 4 is 17.9 Å². The molecule has 0 radical (unpaired) electrons. The number of hydrogen-bond acceptors (Lipinski definition) is 9. The molecule has 0 spiro atoms. The predicted molar refractivity (Wildman–Crippen MR) is 120 cm³/mol. The van der Waals surface area contributed by atoms with E-state index in [2.05, 4.69) is 48.2 Å². The number of esters is 3. The second-order valence-electron chi connectivity index (χ2n) is 9.09. The molecule has 29 heteroatoms. The molecule has 4 unspecified atom stereocenters. The van der Waals surface area contributed by atoms with Crippen molar-refractivity contribution in [1.29, 1.82) is 0 Å². The van der Waals surface area contributed by atoms with E-state index in [1.54, 1.807) is 0 Å². The van der Waals surface area contributed by atoms with Gasteiger partial charge in [-0.25, -0.2) is 18.8 Å². The fraction of sp³-hybridized carbons (Fsp3) is 0.609. The predicted octanol–water partition coefficient (Wildman–Crippen LogP) is 6.94. The molecule has 0 aliphatic carbocycles. The highest BCUT2D eigenvalue weighted by atomic mass is 19.4. The second kappa shape index (κ2) is 15.6. The average molecular weight is 816 g/mol. The van der Waals surface area contributed by atoms with E-state index in [-0.39, 0.29) is 18.2 Å². The minimum Gasteiger partial charge on any atom is -0.456 e. The molecule has 0 saturated heterocycles. The van der Waals surface area contributed by atoms with Gasteiger partial charge in [-0.3, -0.25) is 14.2 Å². The summed E-state index contributed by atoms with van der Waals surface area (Å²) in [5, 5.41) is 0. The third-order valence-corrected chi connectivity index (χ3v) is 5.55. The van der Waals surface area contributed by atoms with Gasteiger partial charge in [-0.15, -0.1) is 0 Å². The molecule has 0 aliphatic heterocycles. The lowest BCUT2D eigenvalue weighted by Gasteiger charge is -2.48. The van der Waals surface area contributed by atoms with Gasteiger partial charge < -0.3 is 14.2 Å². The van der Waals surface area contributed by atoms with Gasteiger partial charge in [0.2, 0.25) is 6.36 Å². The van der Waals surface area contributed by atoms with Crippen LogP contribution in [-0.4, -0.2) is 98.6 Å². The molecule has 9 nitrogen and oxygen atoms in total. The quantitative estimate of drug-likeness (QED) is 0.0630. The summed E-state index contributed by atoms with van der Waals surface area (Å²) in [6, 6.07) is 0. The molecule has 0 aliphatic rings. The monoisotopic (exact) mass is 816 g/mol. The van der Waals surface area contributed by atoms with Crippen molar-refractivity contribution in [3.8, 4) is 0 Å². The Morgan fingerprint density at radius 3 is 0.923 bits per heavy atom. The van der Waals surface area contributed by atoms with Crippen LogP contribution in [0.1, 0.15) is 0 Å². The summed E-state index contributed by atoms with van der Waals surface area (Å²) in [4.78, 5) is 33.1. The maximum absolute atomic E-state index is 15.4. The summed E-state index contributed by atoms with van der Waals surface area (Å²) < 4.78 is 302. The van der Waals surface area contributed by atoms with Crippen LogP contribution in [0.25, 0.3) is 0 Å².